The minimum atomic E-state index is 0.732. The van der Waals surface area contributed by atoms with Crippen LogP contribution in [0.25, 0.3) is 10.1 Å². The molecule has 0 radical (unpaired) electrons. The van der Waals surface area contributed by atoms with Crippen LogP contribution in [0, 0.1) is 6.92 Å². The summed E-state index contributed by atoms with van der Waals surface area (Å²) in [6, 6.07) is 9.37. The molecule has 108 valence electrons. The van der Waals surface area contributed by atoms with E-state index in [0.717, 1.165) is 25.0 Å². The Balaban J connectivity index is 1.62. The van der Waals surface area contributed by atoms with E-state index in [1.54, 1.807) is 0 Å². The molecule has 0 atom stereocenters. The Morgan fingerprint density at radius 3 is 3.05 bits per heavy atom. The standard InChI is InChI=1S/C17H19N3S/c1-12-18-8-15(9-19-14-6-7-14)20(12)10-13-11-21-17-5-3-2-4-16(13)17/h2-5,8,11,14,19H,6-7,9-10H2,1H3. The third-order valence-corrected chi connectivity index (χ3v) is 5.19. The molecule has 1 aliphatic rings. The highest BCUT2D eigenvalue weighted by Gasteiger charge is 2.21. The minimum Gasteiger partial charge on any atom is -0.327 e. The third kappa shape index (κ3) is 2.61. The summed E-state index contributed by atoms with van der Waals surface area (Å²) in [5.74, 6) is 1.10. The molecule has 3 nitrogen and oxygen atoms in total. The van der Waals surface area contributed by atoms with Crippen LogP contribution in [-0.4, -0.2) is 15.6 Å². The molecule has 3 aromatic rings. The number of imidazole rings is 1. The summed E-state index contributed by atoms with van der Waals surface area (Å²) in [7, 11) is 0. The molecule has 4 heteroatoms. The second-order valence-electron chi connectivity index (χ2n) is 5.80. The lowest BCUT2D eigenvalue weighted by Gasteiger charge is -2.10. The fourth-order valence-corrected chi connectivity index (χ4v) is 3.69. The summed E-state index contributed by atoms with van der Waals surface area (Å²) in [5, 5.41) is 7.24. The van der Waals surface area contributed by atoms with Crippen LogP contribution in [0.3, 0.4) is 0 Å². The average Bonchev–Trinajstić information content (AvgIpc) is 3.16. The number of aromatic nitrogens is 2. The van der Waals surface area contributed by atoms with E-state index in [2.05, 4.69) is 51.4 Å². The van der Waals surface area contributed by atoms with Gasteiger partial charge in [-0.1, -0.05) is 18.2 Å². The quantitative estimate of drug-likeness (QED) is 0.778. The minimum absolute atomic E-state index is 0.732. The third-order valence-electron chi connectivity index (χ3n) is 4.18. The van der Waals surface area contributed by atoms with Crippen LogP contribution in [-0.2, 0) is 13.1 Å². The first-order valence-electron chi connectivity index (χ1n) is 7.51. The second kappa shape index (κ2) is 5.28. The van der Waals surface area contributed by atoms with Crippen LogP contribution in [0.4, 0.5) is 0 Å². The monoisotopic (exact) mass is 297 g/mol. The van der Waals surface area contributed by atoms with Crippen molar-refractivity contribution < 1.29 is 0 Å². The van der Waals surface area contributed by atoms with E-state index in [-0.39, 0.29) is 0 Å². The highest BCUT2D eigenvalue weighted by Crippen LogP contribution is 2.27. The first-order chi connectivity index (χ1) is 10.3. The van der Waals surface area contributed by atoms with E-state index in [9.17, 15) is 0 Å². The molecule has 1 fully saturated rings. The molecule has 0 spiro atoms. The summed E-state index contributed by atoms with van der Waals surface area (Å²) in [4.78, 5) is 4.50. The van der Waals surface area contributed by atoms with Gasteiger partial charge in [0.2, 0.25) is 0 Å². The maximum absolute atomic E-state index is 4.50. The predicted octanol–water partition coefficient (Wildman–Crippen LogP) is 3.71. The van der Waals surface area contributed by atoms with Crippen molar-refractivity contribution in [2.45, 2.75) is 38.9 Å². The zero-order valence-electron chi connectivity index (χ0n) is 12.2. The molecule has 1 aromatic carbocycles. The maximum Gasteiger partial charge on any atom is 0.106 e. The van der Waals surface area contributed by atoms with Gasteiger partial charge in [0.15, 0.2) is 0 Å². The maximum atomic E-state index is 4.50. The normalized spacial score (nSPS) is 14.9. The fraction of sp³-hybridized carbons (Fsp3) is 0.353. The van der Waals surface area contributed by atoms with Crippen LogP contribution < -0.4 is 5.32 Å². The molecule has 1 saturated carbocycles. The number of hydrogen-bond donors (Lipinski definition) is 1. The van der Waals surface area contributed by atoms with Crippen molar-refractivity contribution in [3.8, 4) is 0 Å². The van der Waals surface area contributed by atoms with E-state index in [4.69, 9.17) is 0 Å². The largest absolute Gasteiger partial charge is 0.327 e. The Morgan fingerprint density at radius 2 is 2.19 bits per heavy atom. The molecule has 21 heavy (non-hydrogen) atoms. The Bertz CT molecular complexity index is 767. The highest BCUT2D eigenvalue weighted by molar-refractivity contribution is 7.17. The molecule has 0 aliphatic heterocycles. The molecule has 4 rings (SSSR count). The van der Waals surface area contributed by atoms with Crippen LogP contribution in [0.15, 0.2) is 35.8 Å². The number of thiophene rings is 1. The number of benzene rings is 1. The second-order valence-corrected chi connectivity index (χ2v) is 6.71. The van der Waals surface area contributed by atoms with Crippen LogP contribution >= 0.6 is 11.3 Å². The number of nitrogens with one attached hydrogen (secondary N) is 1. The molecular formula is C17H19N3S. The highest BCUT2D eigenvalue weighted by atomic mass is 32.1. The van der Waals surface area contributed by atoms with Crippen molar-refractivity contribution in [2.75, 3.05) is 0 Å². The number of nitrogens with zero attached hydrogens (tertiary/aromatic N) is 2. The smallest absolute Gasteiger partial charge is 0.106 e. The number of fused-ring (bicyclic) bond motifs is 1. The first kappa shape index (κ1) is 13.0. The zero-order chi connectivity index (χ0) is 14.2. The van der Waals surface area contributed by atoms with Gasteiger partial charge in [0.1, 0.15) is 5.82 Å². The van der Waals surface area contributed by atoms with Gasteiger partial charge in [0, 0.05) is 23.5 Å². The molecule has 0 amide bonds. The molecule has 1 N–H and O–H groups in total. The van der Waals surface area contributed by atoms with Gasteiger partial charge in [-0.3, -0.25) is 0 Å². The summed E-state index contributed by atoms with van der Waals surface area (Å²) < 4.78 is 3.70. The predicted molar refractivity (Wildman–Crippen MR) is 87.8 cm³/mol. The summed E-state index contributed by atoms with van der Waals surface area (Å²) >= 11 is 1.83. The molecule has 2 heterocycles. The van der Waals surface area contributed by atoms with E-state index in [0.29, 0.717) is 0 Å². The van der Waals surface area contributed by atoms with E-state index >= 15 is 0 Å². The van der Waals surface area contributed by atoms with Crippen LogP contribution in [0.2, 0.25) is 0 Å². The van der Waals surface area contributed by atoms with Crippen molar-refractivity contribution in [3.63, 3.8) is 0 Å². The van der Waals surface area contributed by atoms with Gasteiger partial charge < -0.3 is 9.88 Å². The summed E-state index contributed by atoms with van der Waals surface area (Å²) in [5.41, 5.74) is 2.68. The van der Waals surface area contributed by atoms with Crippen molar-refractivity contribution in [1.82, 2.24) is 14.9 Å². The van der Waals surface area contributed by atoms with Gasteiger partial charge in [-0.05, 0) is 42.2 Å². The van der Waals surface area contributed by atoms with Crippen molar-refractivity contribution in [3.05, 3.63) is 52.9 Å². The van der Waals surface area contributed by atoms with E-state index in [1.165, 1.54) is 34.2 Å². The van der Waals surface area contributed by atoms with Gasteiger partial charge >= 0.3 is 0 Å². The fourth-order valence-electron chi connectivity index (χ4n) is 2.73. The Labute approximate surface area is 128 Å². The lowest BCUT2D eigenvalue weighted by atomic mass is 10.2. The van der Waals surface area contributed by atoms with Gasteiger partial charge in [-0.15, -0.1) is 11.3 Å². The molecule has 0 saturated heterocycles. The average molecular weight is 297 g/mol. The summed E-state index contributed by atoms with van der Waals surface area (Å²) in [6.07, 6.45) is 4.66. The van der Waals surface area contributed by atoms with E-state index < -0.39 is 0 Å². The molecule has 0 bridgehead atoms. The van der Waals surface area contributed by atoms with Gasteiger partial charge in [0.25, 0.3) is 0 Å². The molecular weight excluding hydrogens is 278 g/mol. The molecule has 1 aliphatic carbocycles. The Kier molecular flexibility index (Phi) is 3.28. The van der Waals surface area contributed by atoms with Gasteiger partial charge in [-0.25, -0.2) is 4.98 Å². The van der Waals surface area contributed by atoms with Gasteiger partial charge in [0.05, 0.1) is 12.2 Å². The van der Waals surface area contributed by atoms with Crippen molar-refractivity contribution in [1.29, 1.82) is 0 Å². The van der Waals surface area contributed by atoms with Crippen molar-refractivity contribution >= 4 is 21.4 Å². The Hall–Kier alpha value is -1.65. The lowest BCUT2D eigenvalue weighted by Crippen LogP contribution is -2.18. The molecule has 2 aromatic heterocycles. The SMILES string of the molecule is Cc1ncc(CNC2CC2)n1Cc1csc2ccccc12. The summed E-state index contributed by atoms with van der Waals surface area (Å²) in [6.45, 7) is 3.93. The zero-order valence-corrected chi connectivity index (χ0v) is 13.0. The first-order valence-corrected chi connectivity index (χ1v) is 8.39. The Morgan fingerprint density at radius 1 is 1.33 bits per heavy atom. The van der Waals surface area contributed by atoms with Crippen LogP contribution in [0.1, 0.15) is 29.9 Å². The van der Waals surface area contributed by atoms with E-state index in [1.807, 2.05) is 17.5 Å². The molecule has 0 unspecified atom stereocenters. The van der Waals surface area contributed by atoms with Crippen LogP contribution in [0.5, 0.6) is 0 Å². The lowest BCUT2D eigenvalue weighted by molar-refractivity contribution is 0.628. The van der Waals surface area contributed by atoms with Gasteiger partial charge in [-0.2, -0.15) is 0 Å². The number of hydrogen-bond acceptors (Lipinski definition) is 3. The topological polar surface area (TPSA) is 29.9 Å². The van der Waals surface area contributed by atoms with Crippen molar-refractivity contribution in [2.24, 2.45) is 0 Å². The number of rotatable bonds is 5. The number of aryl methyl sites for hydroxylation is 1.